The molecule has 2 rings (SSSR count). The zero-order chi connectivity index (χ0) is 14.8. The zero-order valence-corrected chi connectivity index (χ0v) is 12.3. The van der Waals surface area contributed by atoms with Gasteiger partial charge in [0.15, 0.2) is 0 Å². The van der Waals surface area contributed by atoms with Gasteiger partial charge < -0.3 is 10.1 Å². The minimum absolute atomic E-state index is 0.0209. The number of carbonyl (C=O) groups excluding carboxylic acids is 1. The van der Waals surface area contributed by atoms with Gasteiger partial charge in [0.05, 0.1) is 12.9 Å². The van der Waals surface area contributed by atoms with E-state index in [1.807, 2.05) is 0 Å². The normalized spacial score (nSPS) is 20.5. The fourth-order valence-corrected chi connectivity index (χ4v) is 3.45. The molecule has 0 spiro atoms. The number of amides is 1. The van der Waals surface area contributed by atoms with Crippen molar-refractivity contribution in [3.63, 3.8) is 0 Å². The van der Waals surface area contributed by atoms with E-state index in [2.05, 4.69) is 5.32 Å². The van der Waals surface area contributed by atoms with Crippen molar-refractivity contribution >= 4 is 15.9 Å². The highest BCUT2D eigenvalue weighted by Crippen LogP contribution is 2.27. The van der Waals surface area contributed by atoms with Gasteiger partial charge in [0.25, 0.3) is 0 Å². The van der Waals surface area contributed by atoms with Crippen LogP contribution in [-0.4, -0.2) is 44.6 Å². The number of ether oxygens (including phenoxy) is 1. The summed E-state index contributed by atoms with van der Waals surface area (Å²) in [5, 5.41) is 2.71. The first-order valence-electron chi connectivity index (χ1n) is 6.40. The Kier molecular flexibility index (Phi) is 4.29. The molecule has 1 fully saturated rings. The van der Waals surface area contributed by atoms with Crippen LogP contribution in [0.3, 0.4) is 0 Å². The molecule has 1 aromatic rings. The quantitative estimate of drug-likeness (QED) is 0.879. The molecule has 1 unspecified atom stereocenters. The molecule has 1 atom stereocenters. The summed E-state index contributed by atoms with van der Waals surface area (Å²) in [5.41, 5.74) is 0.639. The number of rotatable bonds is 4. The molecule has 0 bridgehead atoms. The number of nitrogens with one attached hydrogen (secondary N) is 1. The highest BCUT2D eigenvalue weighted by Gasteiger charge is 2.37. The number of sulfonamides is 1. The standard InChI is InChI=1S/C13H18N2O4S/c1-3-20(17,18)15-9-8-14-13(16)12(15)10-4-6-11(19-2)7-5-10/h4-7,12H,3,8-9H2,1-2H3,(H,14,16). The Morgan fingerprint density at radius 1 is 1.35 bits per heavy atom. The van der Waals surface area contributed by atoms with Crippen LogP contribution in [0.15, 0.2) is 24.3 Å². The second kappa shape index (κ2) is 5.80. The van der Waals surface area contributed by atoms with Gasteiger partial charge in [0.1, 0.15) is 11.8 Å². The van der Waals surface area contributed by atoms with E-state index in [1.165, 1.54) is 4.31 Å². The zero-order valence-electron chi connectivity index (χ0n) is 11.5. The highest BCUT2D eigenvalue weighted by molar-refractivity contribution is 7.89. The number of methoxy groups -OCH3 is 1. The fraction of sp³-hybridized carbons (Fsp3) is 0.462. The molecule has 0 aliphatic carbocycles. The SMILES string of the molecule is CCS(=O)(=O)N1CCNC(=O)C1c1ccc(OC)cc1. The third-order valence-electron chi connectivity index (χ3n) is 3.32. The molecule has 1 amide bonds. The first kappa shape index (κ1) is 14.8. The molecular formula is C13H18N2O4S. The van der Waals surface area contributed by atoms with E-state index in [-0.39, 0.29) is 11.7 Å². The molecule has 110 valence electrons. The van der Waals surface area contributed by atoms with Gasteiger partial charge in [0, 0.05) is 13.1 Å². The molecule has 7 heteroatoms. The van der Waals surface area contributed by atoms with Crippen molar-refractivity contribution in [2.45, 2.75) is 13.0 Å². The van der Waals surface area contributed by atoms with Gasteiger partial charge in [-0.3, -0.25) is 4.79 Å². The molecule has 1 saturated heterocycles. The summed E-state index contributed by atoms with van der Waals surface area (Å²) in [6.07, 6.45) is 0. The Bertz CT molecular complexity index is 583. The van der Waals surface area contributed by atoms with E-state index in [1.54, 1.807) is 38.3 Å². The van der Waals surface area contributed by atoms with Crippen LogP contribution in [0.1, 0.15) is 18.5 Å². The lowest BCUT2D eigenvalue weighted by atomic mass is 10.0. The fourth-order valence-electron chi connectivity index (χ4n) is 2.22. The van der Waals surface area contributed by atoms with Crippen molar-refractivity contribution in [1.29, 1.82) is 0 Å². The molecule has 0 aromatic heterocycles. The average Bonchev–Trinajstić information content (AvgIpc) is 2.47. The molecule has 1 N–H and O–H groups in total. The van der Waals surface area contributed by atoms with E-state index < -0.39 is 16.1 Å². The van der Waals surface area contributed by atoms with Crippen LogP contribution in [0.25, 0.3) is 0 Å². The molecule has 6 nitrogen and oxygen atoms in total. The van der Waals surface area contributed by atoms with Crippen LogP contribution in [0.5, 0.6) is 5.75 Å². The van der Waals surface area contributed by atoms with Crippen molar-refractivity contribution in [2.75, 3.05) is 26.0 Å². The van der Waals surface area contributed by atoms with Gasteiger partial charge in [-0.1, -0.05) is 12.1 Å². The van der Waals surface area contributed by atoms with Gasteiger partial charge >= 0.3 is 0 Å². The predicted molar refractivity (Wildman–Crippen MR) is 74.9 cm³/mol. The van der Waals surface area contributed by atoms with E-state index in [0.29, 0.717) is 24.4 Å². The lowest BCUT2D eigenvalue weighted by molar-refractivity contribution is -0.126. The third-order valence-corrected chi connectivity index (χ3v) is 5.16. The maximum Gasteiger partial charge on any atom is 0.243 e. The monoisotopic (exact) mass is 298 g/mol. The molecule has 1 aromatic carbocycles. The minimum atomic E-state index is -3.43. The van der Waals surface area contributed by atoms with Crippen LogP contribution >= 0.6 is 0 Å². The number of nitrogens with zero attached hydrogens (tertiary/aromatic N) is 1. The molecule has 0 saturated carbocycles. The molecular weight excluding hydrogens is 280 g/mol. The molecule has 1 aliphatic heterocycles. The summed E-state index contributed by atoms with van der Waals surface area (Å²) < 4.78 is 30.6. The molecule has 20 heavy (non-hydrogen) atoms. The smallest absolute Gasteiger partial charge is 0.243 e. The second-order valence-electron chi connectivity index (χ2n) is 4.48. The highest BCUT2D eigenvalue weighted by atomic mass is 32.2. The Hall–Kier alpha value is -1.60. The van der Waals surface area contributed by atoms with Crippen LogP contribution in [0, 0.1) is 0 Å². The Morgan fingerprint density at radius 3 is 2.55 bits per heavy atom. The minimum Gasteiger partial charge on any atom is -0.497 e. The van der Waals surface area contributed by atoms with Crippen LogP contribution < -0.4 is 10.1 Å². The van der Waals surface area contributed by atoms with Crippen molar-refractivity contribution < 1.29 is 17.9 Å². The maximum absolute atomic E-state index is 12.1. The molecule has 1 aliphatic rings. The lowest BCUT2D eigenvalue weighted by Gasteiger charge is -2.34. The third kappa shape index (κ3) is 2.78. The number of hydrogen-bond acceptors (Lipinski definition) is 4. The summed E-state index contributed by atoms with van der Waals surface area (Å²) in [6, 6.07) is 6.06. The van der Waals surface area contributed by atoms with Gasteiger partial charge in [-0.05, 0) is 24.6 Å². The Balaban J connectivity index is 2.39. The largest absolute Gasteiger partial charge is 0.497 e. The van der Waals surface area contributed by atoms with Crippen LogP contribution in [-0.2, 0) is 14.8 Å². The van der Waals surface area contributed by atoms with Gasteiger partial charge in [-0.15, -0.1) is 0 Å². The predicted octanol–water partition coefficient (Wildman–Crippen LogP) is 0.518. The Morgan fingerprint density at radius 2 is 2.00 bits per heavy atom. The van der Waals surface area contributed by atoms with Gasteiger partial charge in [-0.25, -0.2) is 8.42 Å². The average molecular weight is 298 g/mol. The summed E-state index contributed by atoms with van der Waals surface area (Å²) in [4.78, 5) is 12.1. The topological polar surface area (TPSA) is 75.7 Å². The van der Waals surface area contributed by atoms with Crippen molar-refractivity contribution in [1.82, 2.24) is 9.62 Å². The summed E-state index contributed by atoms with van der Waals surface area (Å²) in [5.74, 6) is 0.348. The lowest BCUT2D eigenvalue weighted by Crippen LogP contribution is -2.52. The Labute approximate surface area is 118 Å². The summed E-state index contributed by atoms with van der Waals surface area (Å²) in [6.45, 7) is 2.20. The molecule has 0 radical (unpaired) electrons. The first-order valence-corrected chi connectivity index (χ1v) is 8.01. The van der Waals surface area contributed by atoms with E-state index in [0.717, 1.165) is 0 Å². The van der Waals surface area contributed by atoms with Crippen LogP contribution in [0.2, 0.25) is 0 Å². The van der Waals surface area contributed by atoms with E-state index in [4.69, 9.17) is 4.74 Å². The van der Waals surface area contributed by atoms with Gasteiger partial charge in [0.2, 0.25) is 15.9 Å². The van der Waals surface area contributed by atoms with E-state index >= 15 is 0 Å². The van der Waals surface area contributed by atoms with Crippen molar-refractivity contribution in [3.05, 3.63) is 29.8 Å². The van der Waals surface area contributed by atoms with Gasteiger partial charge in [-0.2, -0.15) is 4.31 Å². The van der Waals surface area contributed by atoms with Crippen molar-refractivity contribution in [3.8, 4) is 5.75 Å². The number of benzene rings is 1. The summed E-state index contributed by atoms with van der Waals surface area (Å²) >= 11 is 0. The number of piperazine rings is 1. The summed E-state index contributed by atoms with van der Waals surface area (Å²) in [7, 11) is -1.87. The van der Waals surface area contributed by atoms with E-state index in [9.17, 15) is 13.2 Å². The second-order valence-corrected chi connectivity index (χ2v) is 6.69. The molecule has 1 heterocycles. The van der Waals surface area contributed by atoms with Crippen molar-refractivity contribution in [2.24, 2.45) is 0 Å². The maximum atomic E-state index is 12.1. The first-order chi connectivity index (χ1) is 9.49. The number of hydrogen-bond donors (Lipinski definition) is 1. The number of carbonyl (C=O) groups is 1. The van der Waals surface area contributed by atoms with Crippen LogP contribution in [0.4, 0.5) is 0 Å².